The van der Waals surface area contributed by atoms with Gasteiger partial charge >= 0.3 is 0 Å². The number of hydrogen-bond donors (Lipinski definition) is 0. The van der Waals surface area contributed by atoms with E-state index in [2.05, 4.69) is 19.1 Å². The predicted molar refractivity (Wildman–Crippen MR) is 44.2 cm³/mol. The maximum Gasteiger partial charge on any atom is 0.134 e. The summed E-state index contributed by atoms with van der Waals surface area (Å²) in [5.41, 5.74) is 0.212. The highest BCUT2D eigenvalue weighted by molar-refractivity contribution is 5.80. The highest BCUT2D eigenvalue weighted by Gasteiger charge is 2.33. The molecular weight excluding hydrogens is 136 g/mol. The third kappa shape index (κ3) is 1.24. The lowest BCUT2D eigenvalue weighted by Crippen LogP contribution is -2.16. The molecule has 0 aromatic heterocycles. The number of Topliss-reactive ketones (excluding diaryl/α,β-unsaturated/α-hetero) is 1. The van der Waals surface area contributed by atoms with Crippen LogP contribution in [0.25, 0.3) is 0 Å². The molecule has 0 radical (unpaired) electrons. The average Bonchev–Trinajstić information content (AvgIpc) is 2.14. The van der Waals surface area contributed by atoms with Crippen LogP contribution in [0.1, 0.15) is 32.6 Å². The van der Waals surface area contributed by atoms with E-state index >= 15 is 0 Å². The molecule has 3 aliphatic carbocycles. The molecule has 0 spiro atoms. The van der Waals surface area contributed by atoms with Crippen molar-refractivity contribution in [1.29, 1.82) is 0 Å². The largest absolute Gasteiger partial charge is 0.300 e. The molecule has 0 aliphatic heterocycles. The first kappa shape index (κ1) is 7.08. The van der Waals surface area contributed by atoms with Crippen LogP contribution in [0.5, 0.6) is 0 Å². The fourth-order valence-corrected chi connectivity index (χ4v) is 2.20. The van der Waals surface area contributed by atoms with Crippen LogP contribution in [0.4, 0.5) is 0 Å². The van der Waals surface area contributed by atoms with Gasteiger partial charge in [-0.1, -0.05) is 19.1 Å². The third-order valence-electron chi connectivity index (χ3n) is 2.95. The van der Waals surface area contributed by atoms with Gasteiger partial charge in [-0.2, -0.15) is 0 Å². The van der Waals surface area contributed by atoms with Crippen LogP contribution < -0.4 is 0 Å². The molecule has 1 nitrogen and oxygen atoms in total. The topological polar surface area (TPSA) is 17.1 Å². The van der Waals surface area contributed by atoms with E-state index in [1.807, 2.05) is 0 Å². The third-order valence-corrected chi connectivity index (χ3v) is 2.95. The Morgan fingerprint density at radius 3 is 3.09 bits per heavy atom. The van der Waals surface area contributed by atoms with Crippen molar-refractivity contribution in [2.45, 2.75) is 32.6 Å². The number of carbonyl (C=O) groups excluding carboxylic acids is 1. The van der Waals surface area contributed by atoms with Crippen LogP contribution in [-0.2, 0) is 4.79 Å². The van der Waals surface area contributed by atoms with Crippen molar-refractivity contribution in [3.05, 3.63) is 12.2 Å². The van der Waals surface area contributed by atoms with E-state index in [4.69, 9.17) is 0 Å². The van der Waals surface area contributed by atoms with Gasteiger partial charge in [0.05, 0.1) is 0 Å². The molecular formula is C10H14O. The monoisotopic (exact) mass is 150 g/mol. The fourth-order valence-electron chi connectivity index (χ4n) is 2.20. The zero-order chi connectivity index (χ0) is 7.90. The fraction of sp³-hybridized carbons (Fsp3) is 0.700. The van der Waals surface area contributed by atoms with Gasteiger partial charge in [-0.05, 0) is 24.2 Å². The first-order valence-electron chi connectivity index (χ1n) is 4.39. The lowest BCUT2D eigenvalue weighted by Gasteiger charge is -2.26. The van der Waals surface area contributed by atoms with Crippen molar-refractivity contribution in [2.24, 2.45) is 11.3 Å². The van der Waals surface area contributed by atoms with Crippen LogP contribution >= 0.6 is 0 Å². The van der Waals surface area contributed by atoms with Gasteiger partial charge in [-0.15, -0.1) is 0 Å². The van der Waals surface area contributed by atoms with Crippen LogP contribution in [0, 0.1) is 11.3 Å². The molecule has 3 rings (SSSR count). The predicted octanol–water partition coefficient (Wildman–Crippen LogP) is 2.32. The van der Waals surface area contributed by atoms with Crippen molar-refractivity contribution < 1.29 is 4.79 Å². The van der Waals surface area contributed by atoms with E-state index in [0.717, 1.165) is 12.8 Å². The number of hydrogen-bond acceptors (Lipinski definition) is 1. The number of allylic oxidation sites excluding steroid dienone is 2. The molecule has 3 aliphatic rings. The minimum Gasteiger partial charge on any atom is -0.300 e. The maximum absolute atomic E-state index is 11.3. The summed E-state index contributed by atoms with van der Waals surface area (Å²) in [6, 6.07) is 0. The van der Waals surface area contributed by atoms with Crippen molar-refractivity contribution in [1.82, 2.24) is 0 Å². The molecule has 2 atom stereocenters. The van der Waals surface area contributed by atoms with Gasteiger partial charge < -0.3 is 0 Å². The average molecular weight is 150 g/mol. The van der Waals surface area contributed by atoms with Gasteiger partial charge in [0, 0.05) is 12.8 Å². The maximum atomic E-state index is 11.3. The second-order valence-corrected chi connectivity index (χ2v) is 4.23. The number of ketones is 1. The van der Waals surface area contributed by atoms with E-state index in [1.165, 1.54) is 12.8 Å². The molecule has 0 aromatic rings. The molecule has 0 aromatic carbocycles. The van der Waals surface area contributed by atoms with E-state index in [1.54, 1.807) is 0 Å². The zero-order valence-electron chi connectivity index (χ0n) is 6.97. The van der Waals surface area contributed by atoms with Crippen LogP contribution in [0.15, 0.2) is 12.2 Å². The summed E-state index contributed by atoms with van der Waals surface area (Å²) < 4.78 is 0. The molecule has 0 saturated heterocycles. The Kier molecular flexibility index (Phi) is 1.41. The Labute approximate surface area is 67.5 Å². The van der Waals surface area contributed by atoms with Gasteiger partial charge in [-0.25, -0.2) is 0 Å². The molecule has 60 valence electrons. The molecule has 2 bridgehead atoms. The summed E-state index contributed by atoms with van der Waals surface area (Å²) in [6.45, 7) is 2.20. The minimum atomic E-state index is 0.212. The summed E-state index contributed by atoms with van der Waals surface area (Å²) >= 11 is 0. The van der Waals surface area contributed by atoms with Crippen molar-refractivity contribution in [2.75, 3.05) is 0 Å². The lowest BCUT2D eigenvalue weighted by atomic mass is 9.78. The first-order chi connectivity index (χ1) is 5.18. The van der Waals surface area contributed by atoms with E-state index < -0.39 is 0 Å². The van der Waals surface area contributed by atoms with Crippen LogP contribution in [0.3, 0.4) is 0 Å². The molecule has 1 fully saturated rings. The Hall–Kier alpha value is -0.590. The van der Waals surface area contributed by atoms with E-state index in [9.17, 15) is 4.79 Å². The molecule has 11 heavy (non-hydrogen) atoms. The molecule has 1 saturated carbocycles. The number of fused-ring (bicyclic) bond motifs is 3. The Bertz CT molecular complexity index is 217. The summed E-state index contributed by atoms with van der Waals surface area (Å²) in [5, 5.41) is 0. The minimum absolute atomic E-state index is 0.212. The summed E-state index contributed by atoms with van der Waals surface area (Å²) in [6.07, 6.45) is 8.51. The van der Waals surface area contributed by atoms with E-state index in [0.29, 0.717) is 11.7 Å². The lowest BCUT2D eigenvalue weighted by molar-refractivity contribution is -0.120. The summed E-state index contributed by atoms with van der Waals surface area (Å²) in [5.74, 6) is 1.03. The highest BCUT2D eigenvalue weighted by atomic mass is 16.1. The number of rotatable bonds is 0. The molecule has 0 N–H and O–H groups in total. The van der Waals surface area contributed by atoms with Gasteiger partial charge in [-0.3, -0.25) is 4.79 Å². The molecule has 0 amide bonds. The van der Waals surface area contributed by atoms with Crippen molar-refractivity contribution >= 4 is 5.78 Å². The SMILES string of the molecule is CC12C=CC(CC1)CC(=O)C2. The first-order valence-corrected chi connectivity index (χ1v) is 4.39. The van der Waals surface area contributed by atoms with Crippen LogP contribution in [-0.4, -0.2) is 5.78 Å². The molecule has 2 unspecified atom stereocenters. The molecule has 1 heteroatoms. The van der Waals surface area contributed by atoms with Gasteiger partial charge in [0.25, 0.3) is 0 Å². The Morgan fingerprint density at radius 1 is 1.64 bits per heavy atom. The molecule has 0 heterocycles. The summed E-state index contributed by atoms with van der Waals surface area (Å²) in [7, 11) is 0. The van der Waals surface area contributed by atoms with Crippen LogP contribution in [0.2, 0.25) is 0 Å². The normalized spacial score (nSPS) is 42.6. The van der Waals surface area contributed by atoms with Crippen molar-refractivity contribution in [3.63, 3.8) is 0 Å². The Morgan fingerprint density at radius 2 is 2.45 bits per heavy atom. The van der Waals surface area contributed by atoms with Gasteiger partial charge in [0.1, 0.15) is 5.78 Å². The summed E-state index contributed by atoms with van der Waals surface area (Å²) in [4.78, 5) is 11.3. The van der Waals surface area contributed by atoms with E-state index in [-0.39, 0.29) is 5.41 Å². The van der Waals surface area contributed by atoms with Crippen molar-refractivity contribution in [3.8, 4) is 0 Å². The second kappa shape index (κ2) is 2.20. The Balaban J connectivity index is 2.30. The van der Waals surface area contributed by atoms with Gasteiger partial charge in [0.2, 0.25) is 0 Å². The number of carbonyl (C=O) groups is 1. The highest BCUT2D eigenvalue weighted by Crippen LogP contribution is 2.41. The zero-order valence-corrected chi connectivity index (χ0v) is 6.97. The second-order valence-electron chi connectivity index (χ2n) is 4.23. The standard InChI is InChI=1S/C10H14O/c1-10-4-2-8(3-5-10)6-9(11)7-10/h2,4,8H,3,5-7H2,1H3. The quantitative estimate of drug-likeness (QED) is 0.484. The smallest absolute Gasteiger partial charge is 0.134 e. The van der Waals surface area contributed by atoms with Gasteiger partial charge in [0.15, 0.2) is 0 Å².